The van der Waals surface area contributed by atoms with Gasteiger partial charge in [0.05, 0.1) is 0 Å². The zero-order valence-corrected chi connectivity index (χ0v) is 24.0. The standard InChI is InChI=1S/C25H23BrCl3N3O3S/c1-15(2)32(19-8-4-17(26)5-9-19)23(33)16-3-12-22(21(30)13-16)36-20-10-6-18(7-11-20)31-24(34)35-14-25(27,28)29/h3-13,15H,14,30H2,1-2H3,(H,31,34). The zero-order valence-electron chi connectivity index (χ0n) is 19.3. The van der Waals surface area contributed by atoms with Crippen molar-refractivity contribution in [2.24, 2.45) is 0 Å². The molecule has 11 heteroatoms. The topological polar surface area (TPSA) is 84.7 Å². The highest BCUT2D eigenvalue weighted by atomic mass is 79.9. The molecule has 0 bridgehead atoms. The van der Waals surface area contributed by atoms with Crippen LogP contribution >= 0.6 is 62.5 Å². The van der Waals surface area contributed by atoms with Crippen LogP contribution < -0.4 is 16.0 Å². The second kappa shape index (κ2) is 12.4. The Bertz CT molecular complexity index is 1220. The van der Waals surface area contributed by atoms with Crippen molar-refractivity contribution in [2.75, 3.05) is 22.6 Å². The molecular formula is C25H23BrCl3N3O3S. The molecule has 3 aromatic carbocycles. The van der Waals surface area contributed by atoms with E-state index in [0.717, 1.165) is 20.0 Å². The predicted octanol–water partition coefficient (Wildman–Crippen LogP) is 8.16. The van der Waals surface area contributed by atoms with Gasteiger partial charge in [-0.15, -0.1) is 0 Å². The summed E-state index contributed by atoms with van der Waals surface area (Å²) in [5, 5.41) is 2.56. The summed E-state index contributed by atoms with van der Waals surface area (Å²) >= 11 is 21.6. The van der Waals surface area contributed by atoms with E-state index in [1.165, 1.54) is 11.8 Å². The van der Waals surface area contributed by atoms with Crippen LogP contribution in [-0.2, 0) is 4.74 Å². The third kappa shape index (κ3) is 8.21. The minimum absolute atomic E-state index is 0.0410. The van der Waals surface area contributed by atoms with E-state index >= 15 is 0 Å². The van der Waals surface area contributed by atoms with Gasteiger partial charge >= 0.3 is 6.09 Å². The number of ether oxygens (including phenoxy) is 1. The molecule has 0 aliphatic heterocycles. The normalized spacial score (nSPS) is 11.3. The predicted molar refractivity (Wildman–Crippen MR) is 153 cm³/mol. The number of hydrogen-bond donors (Lipinski definition) is 2. The fraction of sp³-hybridized carbons (Fsp3) is 0.200. The van der Waals surface area contributed by atoms with Gasteiger partial charge in [-0.3, -0.25) is 10.1 Å². The average molecular weight is 632 g/mol. The molecule has 0 saturated heterocycles. The second-order valence-electron chi connectivity index (χ2n) is 7.94. The van der Waals surface area contributed by atoms with Crippen molar-refractivity contribution in [1.82, 2.24) is 0 Å². The van der Waals surface area contributed by atoms with Crippen LogP contribution in [0.15, 0.2) is 81.0 Å². The van der Waals surface area contributed by atoms with Gasteiger partial charge in [0.1, 0.15) is 6.61 Å². The van der Waals surface area contributed by atoms with Crippen LogP contribution in [0.2, 0.25) is 0 Å². The Morgan fingerprint density at radius 2 is 1.69 bits per heavy atom. The maximum absolute atomic E-state index is 13.3. The third-order valence-electron chi connectivity index (χ3n) is 4.79. The van der Waals surface area contributed by atoms with Crippen molar-refractivity contribution in [3.8, 4) is 0 Å². The summed E-state index contributed by atoms with van der Waals surface area (Å²) in [7, 11) is 0. The van der Waals surface area contributed by atoms with E-state index in [1.54, 1.807) is 29.2 Å². The molecule has 6 nitrogen and oxygen atoms in total. The molecule has 0 unspecified atom stereocenters. The van der Waals surface area contributed by atoms with Crippen molar-refractivity contribution in [1.29, 1.82) is 0 Å². The molecule has 0 aliphatic carbocycles. The Labute approximate surface area is 237 Å². The number of carbonyl (C=O) groups excluding carboxylic acids is 2. The number of rotatable bonds is 7. The Morgan fingerprint density at radius 3 is 2.25 bits per heavy atom. The molecule has 0 heterocycles. The number of nitrogens with zero attached hydrogens (tertiary/aromatic N) is 1. The summed E-state index contributed by atoms with van der Waals surface area (Å²) in [6.07, 6.45) is -0.732. The molecule has 2 amide bonds. The number of halogens is 4. The lowest BCUT2D eigenvalue weighted by Crippen LogP contribution is -2.37. The first-order valence-electron chi connectivity index (χ1n) is 10.7. The van der Waals surface area contributed by atoms with Crippen LogP contribution in [0.1, 0.15) is 24.2 Å². The fourth-order valence-electron chi connectivity index (χ4n) is 3.20. The number of nitrogens with two attached hydrogens (primary N) is 1. The van der Waals surface area contributed by atoms with Gasteiger partial charge in [0, 0.05) is 42.9 Å². The maximum atomic E-state index is 13.3. The van der Waals surface area contributed by atoms with Gasteiger partial charge in [-0.05, 0) is 80.6 Å². The van der Waals surface area contributed by atoms with Crippen molar-refractivity contribution in [3.63, 3.8) is 0 Å². The quantitative estimate of drug-likeness (QED) is 0.203. The first kappa shape index (κ1) is 28.5. The van der Waals surface area contributed by atoms with E-state index in [1.807, 2.05) is 56.3 Å². The monoisotopic (exact) mass is 629 g/mol. The van der Waals surface area contributed by atoms with E-state index in [0.29, 0.717) is 16.9 Å². The number of alkyl halides is 3. The van der Waals surface area contributed by atoms with Gasteiger partial charge in [0.2, 0.25) is 3.79 Å². The fourth-order valence-corrected chi connectivity index (χ4v) is 4.47. The summed E-state index contributed by atoms with van der Waals surface area (Å²) in [5.41, 5.74) is 8.62. The van der Waals surface area contributed by atoms with Crippen LogP contribution in [0.4, 0.5) is 21.9 Å². The van der Waals surface area contributed by atoms with Crippen LogP contribution in [0.5, 0.6) is 0 Å². The first-order valence-corrected chi connectivity index (χ1v) is 13.4. The molecule has 0 fully saturated rings. The van der Waals surface area contributed by atoms with Gasteiger partial charge in [0.25, 0.3) is 5.91 Å². The lowest BCUT2D eigenvalue weighted by molar-refractivity contribution is 0.0980. The number of hydrogen-bond acceptors (Lipinski definition) is 5. The second-order valence-corrected chi connectivity index (χ2v) is 12.5. The lowest BCUT2D eigenvalue weighted by Gasteiger charge is -2.27. The summed E-state index contributed by atoms with van der Waals surface area (Å²) < 4.78 is 4.11. The van der Waals surface area contributed by atoms with E-state index in [-0.39, 0.29) is 18.6 Å². The molecule has 190 valence electrons. The van der Waals surface area contributed by atoms with Crippen molar-refractivity contribution >= 4 is 91.6 Å². The third-order valence-corrected chi connectivity index (χ3v) is 6.75. The molecular weight excluding hydrogens is 609 g/mol. The summed E-state index contributed by atoms with van der Waals surface area (Å²) in [4.78, 5) is 28.5. The van der Waals surface area contributed by atoms with E-state index in [4.69, 9.17) is 45.3 Å². The number of nitrogen functional groups attached to an aromatic ring is 1. The molecule has 36 heavy (non-hydrogen) atoms. The van der Waals surface area contributed by atoms with Crippen molar-refractivity contribution < 1.29 is 14.3 Å². The molecule has 3 N–H and O–H groups in total. The molecule has 3 rings (SSSR count). The molecule has 0 aliphatic rings. The highest BCUT2D eigenvalue weighted by molar-refractivity contribution is 9.10. The molecule has 0 spiro atoms. The number of benzene rings is 3. The van der Waals surface area contributed by atoms with Crippen molar-refractivity contribution in [3.05, 3.63) is 76.8 Å². The summed E-state index contributed by atoms with van der Waals surface area (Å²) in [6.45, 7) is 3.56. The number of carbonyl (C=O) groups is 2. The van der Waals surface area contributed by atoms with Crippen LogP contribution in [0.3, 0.4) is 0 Å². The summed E-state index contributed by atoms with van der Waals surface area (Å²) in [6, 6.07) is 19.9. The molecule has 0 radical (unpaired) electrons. The van der Waals surface area contributed by atoms with Gasteiger partial charge in [-0.1, -0.05) is 62.5 Å². The average Bonchev–Trinajstić information content (AvgIpc) is 2.81. The number of nitrogens with one attached hydrogen (secondary N) is 1. The van der Waals surface area contributed by atoms with Crippen LogP contribution in [0.25, 0.3) is 0 Å². The largest absolute Gasteiger partial charge is 0.445 e. The van der Waals surface area contributed by atoms with E-state index in [2.05, 4.69) is 21.2 Å². The Balaban J connectivity index is 1.68. The number of amides is 2. The molecule has 0 atom stereocenters. The smallest absolute Gasteiger partial charge is 0.411 e. The molecule has 0 saturated carbocycles. The van der Waals surface area contributed by atoms with E-state index < -0.39 is 9.89 Å². The first-order chi connectivity index (χ1) is 16.9. The molecule has 0 aromatic heterocycles. The lowest BCUT2D eigenvalue weighted by atomic mass is 10.1. The number of anilines is 3. The van der Waals surface area contributed by atoms with Gasteiger partial charge in [0.15, 0.2) is 0 Å². The van der Waals surface area contributed by atoms with Gasteiger partial charge in [-0.25, -0.2) is 4.79 Å². The Kier molecular flexibility index (Phi) is 9.83. The summed E-state index contributed by atoms with van der Waals surface area (Å²) in [5.74, 6) is -0.132. The maximum Gasteiger partial charge on any atom is 0.411 e. The van der Waals surface area contributed by atoms with Gasteiger partial charge < -0.3 is 15.4 Å². The minimum atomic E-state index is -1.68. The van der Waals surface area contributed by atoms with Crippen LogP contribution in [-0.4, -0.2) is 28.4 Å². The SMILES string of the molecule is CC(C)N(C(=O)c1ccc(Sc2ccc(NC(=O)OCC(Cl)(Cl)Cl)cc2)c(N)c1)c1ccc(Br)cc1. The van der Waals surface area contributed by atoms with Gasteiger partial charge in [-0.2, -0.15) is 0 Å². The Hall–Kier alpha value is -2.10. The highest BCUT2D eigenvalue weighted by Crippen LogP contribution is 2.34. The van der Waals surface area contributed by atoms with E-state index in [9.17, 15) is 9.59 Å². The van der Waals surface area contributed by atoms with Crippen LogP contribution in [0, 0.1) is 0 Å². The van der Waals surface area contributed by atoms with Crippen molar-refractivity contribution in [2.45, 2.75) is 33.5 Å². The Morgan fingerprint density at radius 1 is 1.06 bits per heavy atom. The zero-order chi connectivity index (χ0) is 26.5. The molecule has 3 aromatic rings. The minimum Gasteiger partial charge on any atom is -0.445 e. The highest BCUT2D eigenvalue weighted by Gasteiger charge is 2.23.